The fourth-order valence-electron chi connectivity index (χ4n) is 1.04. The second-order valence-electron chi connectivity index (χ2n) is 5.11. The lowest BCUT2D eigenvalue weighted by molar-refractivity contribution is 0.234. The lowest BCUT2D eigenvalue weighted by Crippen LogP contribution is -2.40. The average molecular weight is 239 g/mol. The summed E-state index contributed by atoms with van der Waals surface area (Å²) < 4.78 is 5.47. The fourth-order valence-corrected chi connectivity index (χ4v) is 1.04. The van der Waals surface area contributed by atoms with E-state index in [1.54, 1.807) is 0 Å². The fraction of sp³-hybridized carbons (Fsp3) is 0.636. The van der Waals surface area contributed by atoms with Gasteiger partial charge in [-0.2, -0.15) is 4.98 Å². The minimum Gasteiger partial charge on any atom is -0.473 e. The minimum absolute atomic E-state index is 0.0237. The normalized spacial score (nSPS) is 11.6. The van der Waals surface area contributed by atoms with Crippen LogP contribution in [-0.4, -0.2) is 21.6 Å². The van der Waals surface area contributed by atoms with Crippen LogP contribution in [-0.2, 0) is 0 Å². The Labute approximate surface area is 102 Å². The van der Waals surface area contributed by atoms with Gasteiger partial charge in [-0.1, -0.05) is 0 Å². The molecule has 0 aromatic carbocycles. The number of nitrogens with two attached hydrogens (primary N) is 1. The maximum absolute atomic E-state index is 5.91. The molecule has 1 rings (SSSR count). The Kier molecular flexibility index (Phi) is 4.11. The highest BCUT2D eigenvalue weighted by molar-refractivity contribution is 5.66. The molecule has 1 aromatic heterocycles. The molecule has 0 bridgehead atoms. The number of rotatable bonds is 4. The number of hydrogen-bond acceptors (Lipinski definition) is 6. The van der Waals surface area contributed by atoms with Crippen LogP contribution in [0.1, 0.15) is 34.6 Å². The Morgan fingerprint density at radius 2 is 1.94 bits per heavy atom. The third-order valence-corrected chi connectivity index (χ3v) is 1.75. The largest absolute Gasteiger partial charge is 0.473 e. The molecule has 0 aliphatic rings. The minimum atomic E-state index is -0.0868. The Bertz CT molecular complexity index is 373. The van der Waals surface area contributed by atoms with E-state index in [2.05, 4.69) is 20.8 Å². The number of hydrazine groups is 1. The summed E-state index contributed by atoms with van der Waals surface area (Å²) in [5.74, 6) is 0.916. The molecule has 6 nitrogen and oxygen atoms in total. The molecular formula is C11H21N5O. The molecule has 6 heteroatoms. The van der Waals surface area contributed by atoms with Crippen molar-refractivity contribution < 1.29 is 4.74 Å². The predicted molar refractivity (Wildman–Crippen MR) is 68.7 cm³/mol. The van der Waals surface area contributed by atoms with Gasteiger partial charge in [-0.3, -0.25) is 0 Å². The van der Waals surface area contributed by atoms with E-state index in [4.69, 9.17) is 10.5 Å². The lowest BCUT2D eigenvalue weighted by Gasteiger charge is -2.22. The summed E-state index contributed by atoms with van der Waals surface area (Å²) in [4.78, 5) is 8.06. The van der Waals surface area contributed by atoms with Crippen LogP contribution in [0.4, 0.5) is 11.5 Å². The summed E-state index contributed by atoms with van der Waals surface area (Å²) in [6.45, 7) is 9.93. The average Bonchev–Trinajstić information content (AvgIpc) is 2.17. The molecule has 0 fully saturated rings. The molecule has 0 spiro atoms. The number of nitrogen functional groups attached to an aromatic ring is 1. The van der Waals surface area contributed by atoms with Crippen LogP contribution in [0, 0.1) is 0 Å². The molecule has 0 atom stereocenters. The number of hydrogen-bond donors (Lipinski definition) is 3. The zero-order chi connectivity index (χ0) is 13.1. The highest BCUT2D eigenvalue weighted by Gasteiger charge is 2.13. The lowest BCUT2D eigenvalue weighted by atomic mass is 10.1. The molecule has 17 heavy (non-hydrogen) atoms. The summed E-state index contributed by atoms with van der Waals surface area (Å²) in [5, 5.41) is 0. The van der Waals surface area contributed by atoms with Crippen molar-refractivity contribution in [3.8, 4) is 5.88 Å². The van der Waals surface area contributed by atoms with E-state index in [9.17, 15) is 0 Å². The van der Waals surface area contributed by atoms with E-state index in [-0.39, 0.29) is 11.6 Å². The number of nitrogens with zero attached hydrogens (tertiary/aromatic N) is 2. The van der Waals surface area contributed by atoms with Crippen molar-refractivity contribution in [1.82, 2.24) is 15.4 Å². The maximum atomic E-state index is 5.91. The van der Waals surface area contributed by atoms with Crippen molar-refractivity contribution >= 4 is 11.5 Å². The van der Waals surface area contributed by atoms with E-state index in [1.807, 2.05) is 34.6 Å². The van der Waals surface area contributed by atoms with Crippen molar-refractivity contribution in [2.24, 2.45) is 0 Å². The molecule has 1 heterocycles. The summed E-state index contributed by atoms with van der Waals surface area (Å²) in [7, 11) is 0. The van der Waals surface area contributed by atoms with Gasteiger partial charge in [0, 0.05) is 5.54 Å². The molecule has 96 valence electrons. The third-order valence-electron chi connectivity index (χ3n) is 1.75. The predicted octanol–water partition coefficient (Wildman–Crippen LogP) is 1.56. The van der Waals surface area contributed by atoms with Gasteiger partial charge >= 0.3 is 0 Å². The molecule has 0 saturated heterocycles. The van der Waals surface area contributed by atoms with Gasteiger partial charge in [0.15, 0.2) is 5.82 Å². The van der Waals surface area contributed by atoms with E-state index in [0.717, 1.165) is 0 Å². The SMILES string of the molecule is CC(C)Oc1ncnc(NNC(C)(C)C)c1N. The summed E-state index contributed by atoms with van der Waals surface area (Å²) in [6, 6.07) is 0. The molecule has 1 aromatic rings. The topological polar surface area (TPSA) is 85.1 Å². The number of aromatic nitrogens is 2. The highest BCUT2D eigenvalue weighted by atomic mass is 16.5. The van der Waals surface area contributed by atoms with Crippen LogP contribution < -0.4 is 21.3 Å². The number of anilines is 2. The summed E-state index contributed by atoms with van der Waals surface area (Å²) in [5.41, 5.74) is 12.3. The zero-order valence-corrected chi connectivity index (χ0v) is 11.0. The molecular weight excluding hydrogens is 218 g/mol. The second-order valence-corrected chi connectivity index (χ2v) is 5.11. The first-order valence-corrected chi connectivity index (χ1v) is 5.60. The van der Waals surface area contributed by atoms with Gasteiger partial charge in [-0.25, -0.2) is 10.4 Å². The van der Waals surface area contributed by atoms with E-state index < -0.39 is 0 Å². The Morgan fingerprint density at radius 3 is 2.47 bits per heavy atom. The monoisotopic (exact) mass is 239 g/mol. The zero-order valence-electron chi connectivity index (χ0n) is 11.0. The smallest absolute Gasteiger partial charge is 0.242 e. The maximum Gasteiger partial charge on any atom is 0.242 e. The molecule has 4 N–H and O–H groups in total. The molecule has 0 radical (unpaired) electrons. The van der Waals surface area contributed by atoms with Crippen molar-refractivity contribution in [2.75, 3.05) is 11.2 Å². The van der Waals surface area contributed by atoms with Gasteiger partial charge in [-0.05, 0) is 34.6 Å². The van der Waals surface area contributed by atoms with Gasteiger partial charge in [0.2, 0.25) is 5.88 Å². The van der Waals surface area contributed by atoms with Crippen molar-refractivity contribution in [3.63, 3.8) is 0 Å². The molecule has 0 aliphatic heterocycles. The van der Waals surface area contributed by atoms with Crippen molar-refractivity contribution in [1.29, 1.82) is 0 Å². The highest BCUT2D eigenvalue weighted by Crippen LogP contribution is 2.24. The van der Waals surface area contributed by atoms with Crippen molar-refractivity contribution in [3.05, 3.63) is 6.33 Å². The first kappa shape index (κ1) is 13.5. The van der Waals surface area contributed by atoms with Crippen LogP contribution in [0.15, 0.2) is 6.33 Å². The van der Waals surface area contributed by atoms with Gasteiger partial charge < -0.3 is 15.9 Å². The summed E-state index contributed by atoms with van der Waals surface area (Å²) in [6.07, 6.45) is 1.44. The van der Waals surface area contributed by atoms with Crippen molar-refractivity contribution in [2.45, 2.75) is 46.3 Å². The van der Waals surface area contributed by atoms with Gasteiger partial charge in [-0.15, -0.1) is 0 Å². The first-order valence-electron chi connectivity index (χ1n) is 5.60. The van der Waals surface area contributed by atoms with Gasteiger partial charge in [0.1, 0.15) is 12.0 Å². The standard InChI is InChI=1S/C11H21N5O/c1-7(2)17-10-8(12)9(13-6-14-10)15-16-11(3,4)5/h6-7,16H,12H2,1-5H3,(H,13,14,15). The van der Waals surface area contributed by atoms with Crippen LogP contribution >= 0.6 is 0 Å². The first-order chi connectivity index (χ1) is 7.79. The van der Waals surface area contributed by atoms with Crippen LogP contribution in [0.25, 0.3) is 0 Å². The van der Waals surface area contributed by atoms with E-state index in [1.165, 1.54) is 6.33 Å². The Hall–Kier alpha value is -1.56. The second kappa shape index (κ2) is 5.18. The van der Waals surface area contributed by atoms with Gasteiger partial charge in [0.05, 0.1) is 6.10 Å². The van der Waals surface area contributed by atoms with E-state index in [0.29, 0.717) is 17.4 Å². The molecule has 0 unspecified atom stereocenters. The van der Waals surface area contributed by atoms with Gasteiger partial charge in [0.25, 0.3) is 0 Å². The van der Waals surface area contributed by atoms with E-state index >= 15 is 0 Å². The number of nitrogens with one attached hydrogen (secondary N) is 2. The summed E-state index contributed by atoms with van der Waals surface area (Å²) >= 11 is 0. The van der Waals surface area contributed by atoms with Crippen LogP contribution in [0.2, 0.25) is 0 Å². The van der Waals surface area contributed by atoms with Crippen LogP contribution in [0.5, 0.6) is 5.88 Å². The molecule has 0 saturated carbocycles. The Morgan fingerprint density at radius 1 is 1.29 bits per heavy atom. The quantitative estimate of drug-likeness (QED) is 0.691. The van der Waals surface area contributed by atoms with Crippen LogP contribution in [0.3, 0.4) is 0 Å². The molecule has 0 amide bonds. The Balaban J connectivity index is 2.80. The third kappa shape index (κ3) is 4.44. The number of ether oxygens (including phenoxy) is 1. The molecule has 0 aliphatic carbocycles.